The van der Waals surface area contributed by atoms with Gasteiger partial charge in [0.05, 0.1) is 9.82 Å². The van der Waals surface area contributed by atoms with Crippen molar-refractivity contribution < 1.29 is 17.8 Å². The summed E-state index contributed by atoms with van der Waals surface area (Å²) in [5, 5.41) is 12.0. The Kier molecular flexibility index (Phi) is 6.08. The van der Waals surface area contributed by atoms with Crippen LogP contribution in [0.1, 0.15) is 22.3 Å². The van der Waals surface area contributed by atoms with Gasteiger partial charge in [-0.3, -0.25) is 15.0 Å². The lowest BCUT2D eigenvalue weighted by Crippen LogP contribution is -2.48. The van der Waals surface area contributed by atoms with Gasteiger partial charge in [0, 0.05) is 56.3 Å². The van der Waals surface area contributed by atoms with Gasteiger partial charge in [0.2, 0.25) is 10.0 Å². The molecule has 1 fully saturated rings. The first-order valence-electron chi connectivity index (χ1n) is 10.6. The van der Waals surface area contributed by atoms with Crippen LogP contribution in [0.15, 0.2) is 50.5 Å². The highest BCUT2D eigenvalue weighted by atomic mass is 32.2. The van der Waals surface area contributed by atoms with E-state index in [0.717, 1.165) is 28.1 Å². The molecule has 0 radical (unpaired) electrons. The minimum atomic E-state index is -3.86. The first kappa shape index (κ1) is 23.1. The molecule has 4 rings (SSSR count). The van der Waals surface area contributed by atoms with E-state index in [1.54, 1.807) is 6.92 Å². The first-order valence-corrected chi connectivity index (χ1v) is 12.0. The summed E-state index contributed by atoms with van der Waals surface area (Å²) in [5.41, 5.74) is 3.20. The summed E-state index contributed by atoms with van der Waals surface area (Å²) in [7, 11) is -3.86. The molecule has 0 saturated carbocycles. The van der Waals surface area contributed by atoms with Gasteiger partial charge in [-0.05, 0) is 43.0 Å². The normalized spacial score (nSPS) is 15.7. The quantitative estimate of drug-likeness (QED) is 0.319. The second kappa shape index (κ2) is 8.69. The predicted molar refractivity (Wildman–Crippen MR) is 124 cm³/mol. The van der Waals surface area contributed by atoms with Crippen LogP contribution in [-0.2, 0) is 16.6 Å². The Hall–Kier alpha value is -3.08. The molecule has 0 amide bonds. The van der Waals surface area contributed by atoms with Gasteiger partial charge < -0.3 is 4.42 Å². The van der Waals surface area contributed by atoms with Crippen molar-refractivity contribution in [2.45, 2.75) is 32.2 Å². The number of aryl methyl sites for hydroxylation is 3. The summed E-state index contributed by atoms with van der Waals surface area (Å²) in [6.45, 7) is 7.45. The van der Waals surface area contributed by atoms with Crippen LogP contribution < -0.4 is 5.63 Å². The molecular weight excluding hydrogens is 446 g/mol. The molecule has 1 aliphatic rings. The Morgan fingerprint density at radius 2 is 1.67 bits per heavy atom. The van der Waals surface area contributed by atoms with E-state index in [1.165, 1.54) is 22.5 Å². The van der Waals surface area contributed by atoms with Gasteiger partial charge in [-0.2, -0.15) is 4.31 Å². The zero-order valence-corrected chi connectivity index (χ0v) is 19.5. The van der Waals surface area contributed by atoms with Crippen molar-refractivity contribution in [1.82, 2.24) is 9.21 Å². The lowest BCUT2D eigenvalue weighted by atomic mass is 10.0. The van der Waals surface area contributed by atoms with Crippen molar-refractivity contribution in [1.29, 1.82) is 0 Å². The van der Waals surface area contributed by atoms with E-state index in [-0.39, 0.29) is 23.7 Å². The fourth-order valence-corrected chi connectivity index (χ4v) is 5.81. The number of rotatable bonds is 5. The number of benzene rings is 2. The van der Waals surface area contributed by atoms with Crippen molar-refractivity contribution in [2.24, 2.45) is 0 Å². The van der Waals surface area contributed by atoms with Crippen LogP contribution in [0.2, 0.25) is 0 Å². The summed E-state index contributed by atoms with van der Waals surface area (Å²) >= 11 is 0. The topological polar surface area (TPSA) is 114 Å². The maximum atomic E-state index is 13.2. The zero-order valence-electron chi connectivity index (χ0n) is 18.7. The first-order chi connectivity index (χ1) is 15.6. The van der Waals surface area contributed by atoms with Crippen molar-refractivity contribution in [3.05, 3.63) is 79.2 Å². The van der Waals surface area contributed by atoms with E-state index >= 15 is 0 Å². The minimum absolute atomic E-state index is 0.0392. The number of nitro groups is 1. The zero-order chi connectivity index (χ0) is 23.9. The Balaban J connectivity index is 1.54. The number of non-ortho nitro benzene ring substituents is 1. The number of piperazine rings is 1. The number of nitrogens with zero attached hydrogens (tertiary/aromatic N) is 3. The minimum Gasteiger partial charge on any atom is -0.422 e. The van der Waals surface area contributed by atoms with Crippen LogP contribution in [0.3, 0.4) is 0 Å². The van der Waals surface area contributed by atoms with Gasteiger partial charge in [0.25, 0.3) is 5.69 Å². The third kappa shape index (κ3) is 4.41. The third-order valence-corrected chi connectivity index (χ3v) is 8.28. The Morgan fingerprint density at radius 1 is 1.00 bits per heavy atom. The van der Waals surface area contributed by atoms with E-state index in [0.29, 0.717) is 30.8 Å². The second-order valence-electron chi connectivity index (χ2n) is 8.36. The molecule has 3 aromatic rings. The number of sulfonamides is 1. The van der Waals surface area contributed by atoms with E-state index in [2.05, 4.69) is 4.90 Å². The Bertz CT molecular complexity index is 1410. The highest BCUT2D eigenvalue weighted by molar-refractivity contribution is 7.89. The van der Waals surface area contributed by atoms with Crippen molar-refractivity contribution >= 4 is 26.7 Å². The molecule has 1 aromatic heterocycles. The van der Waals surface area contributed by atoms with E-state index in [9.17, 15) is 23.3 Å². The summed E-state index contributed by atoms with van der Waals surface area (Å²) in [4.78, 5) is 24.7. The highest BCUT2D eigenvalue weighted by Crippen LogP contribution is 2.27. The van der Waals surface area contributed by atoms with Crippen LogP contribution in [-0.4, -0.2) is 48.7 Å². The molecule has 9 nitrogen and oxygen atoms in total. The lowest BCUT2D eigenvalue weighted by Gasteiger charge is -2.34. The number of fused-ring (bicyclic) bond motifs is 1. The molecule has 33 heavy (non-hydrogen) atoms. The maximum absolute atomic E-state index is 13.2. The molecule has 174 valence electrons. The smallest absolute Gasteiger partial charge is 0.336 e. The van der Waals surface area contributed by atoms with E-state index < -0.39 is 20.6 Å². The van der Waals surface area contributed by atoms with Crippen LogP contribution in [0.25, 0.3) is 11.0 Å². The standard InChI is InChI=1S/C23H25N3O6S/c1-15-5-7-20-18(12-22(27)32-23(20)17(15)3)14-24-8-10-25(11-9-24)33(30,31)21-13-19(26(28)29)6-4-16(21)2/h4-7,12-13H,8-11,14H2,1-3H3. The van der Waals surface area contributed by atoms with Gasteiger partial charge >= 0.3 is 5.63 Å². The maximum Gasteiger partial charge on any atom is 0.336 e. The second-order valence-corrected chi connectivity index (χ2v) is 10.3. The summed E-state index contributed by atoms with van der Waals surface area (Å²) in [5.74, 6) is 0. The monoisotopic (exact) mass is 471 g/mol. The molecule has 0 spiro atoms. The summed E-state index contributed by atoms with van der Waals surface area (Å²) in [6, 6.07) is 9.31. The molecule has 10 heteroatoms. The Morgan fingerprint density at radius 3 is 2.33 bits per heavy atom. The third-order valence-electron chi connectivity index (χ3n) is 6.24. The highest BCUT2D eigenvalue weighted by Gasteiger charge is 2.31. The molecule has 0 atom stereocenters. The fourth-order valence-electron chi connectivity index (χ4n) is 4.14. The van der Waals surface area contributed by atoms with E-state index in [1.807, 2.05) is 26.0 Å². The molecule has 0 unspecified atom stereocenters. The average molecular weight is 472 g/mol. The fraction of sp³-hybridized carbons (Fsp3) is 0.348. The number of hydrogen-bond acceptors (Lipinski definition) is 7. The molecule has 1 saturated heterocycles. The van der Waals surface area contributed by atoms with Gasteiger partial charge in [-0.15, -0.1) is 0 Å². The van der Waals surface area contributed by atoms with Gasteiger partial charge in [0.15, 0.2) is 0 Å². The molecule has 1 aliphatic heterocycles. The van der Waals surface area contributed by atoms with Crippen LogP contribution in [0.5, 0.6) is 0 Å². The average Bonchev–Trinajstić information content (AvgIpc) is 2.77. The SMILES string of the molecule is Cc1ccc([N+](=O)[O-])cc1S(=O)(=O)N1CCN(Cc2cc(=O)oc3c(C)c(C)ccc23)CC1. The molecular formula is C23H25N3O6S. The number of hydrogen-bond donors (Lipinski definition) is 0. The molecule has 2 aromatic carbocycles. The van der Waals surface area contributed by atoms with Gasteiger partial charge in [-0.25, -0.2) is 13.2 Å². The predicted octanol–water partition coefficient (Wildman–Crippen LogP) is 3.13. The molecule has 2 heterocycles. The van der Waals surface area contributed by atoms with Crippen LogP contribution >= 0.6 is 0 Å². The molecule has 0 N–H and O–H groups in total. The Labute approximate surface area is 191 Å². The van der Waals surface area contributed by atoms with Crippen molar-refractivity contribution in [3.8, 4) is 0 Å². The van der Waals surface area contributed by atoms with Crippen LogP contribution in [0.4, 0.5) is 5.69 Å². The lowest BCUT2D eigenvalue weighted by molar-refractivity contribution is -0.385. The van der Waals surface area contributed by atoms with Gasteiger partial charge in [-0.1, -0.05) is 18.2 Å². The molecule has 0 aliphatic carbocycles. The van der Waals surface area contributed by atoms with Gasteiger partial charge in [0.1, 0.15) is 5.58 Å². The largest absolute Gasteiger partial charge is 0.422 e. The molecule has 0 bridgehead atoms. The summed E-state index contributed by atoms with van der Waals surface area (Å²) in [6.07, 6.45) is 0. The van der Waals surface area contributed by atoms with Crippen molar-refractivity contribution in [3.63, 3.8) is 0 Å². The number of nitro benzene ring substituents is 1. The summed E-state index contributed by atoms with van der Waals surface area (Å²) < 4.78 is 33.1. The van der Waals surface area contributed by atoms with E-state index in [4.69, 9.17) is 4.42 Å². The van der Waals surface area contributed by atoms with Crippen LogP contribution in [0, 0.1) is 30.9 Å². The van der Waals surface area contributed by atoms with Crippen molar-refractivity contribution in [2.75, 3.05) is 26.2 Å².